The molecule has 1 aromatic rings. The Hall–Kier alpha value is -1.61. The normalized spacial score (nSPS) is 24.4. The van der Waals surface area contributed by atoms with Crippen LogP contribution in [0.25, 0.3) is 0 Å². The minimum Gasteiger partial charge on any atom is -0.335 e. The van der Waals surface area contributed by atoms with Crippen LogP contribution in [0.5, 0.6) is 0 Å². The van der Waals surface area contributed by atoms with Crippen molar-refractivity contribution in [2.75, 3.05) is 38.7 Å². The largest absolute Gasteiger partial charge is 0.335 e. The lowest BCUT2D eigenvalue weighted by Crippen LogP contribution is -2.63. The summed E-state index contributed by atoms with van der Waals surface area (Å²) in [6.45, 7) is 0.776. The second-order valence-electron chi connectivity index (χ2n) is 7.10. The van der Waals surface area contributed by atoms with Crippen molar-refractivity contribution >= 4 is 33.1 Å². The monoisotopic (exact) mass is 399 g/mol. The highest BCUT2D eigenvalue weighted by Crippen LogP contribution is 2.28. The number of amides is 3. The van der Waals surface area contributed by atoms with E-state index in [0.717, 1.165) is 12.8 Å². The van der Waals surface area contributed by atoms with Crippen molar-refractivity contribution in [2.24, 2.45) is 0 Å². The molecule has 3 heterocycles. The number of carbonyl (C=O) groups excluding carboxylic acids is 2. The van der Waals surface area contributed by atoms with Crippen molar-refractivity contribution in [1.29, 1.82) is 0 Å². The van der Waals surface area contributed by atoms with Crippen LogP contribution in [-0.2, 0) is 21.1 Å². The summed E-state index contributed by atoms with van der Waals surface area (Å²) < 4.78 is 24.4. The molecule has 3 rings (SSSR count). The summed E-state index contributed by atoms with van der Waals surface area (Å²) in [5, 5.41) is 2.02. The quantitative estimate of drug-likeness (QED) is 0.759. The first-order chi connectivity index (χ1) is 12.3. The number of piperazine rings is 1. The minimum atomic E-state index is -3.25. The van der Waals surface area contributed by atoms with Crippen LogP contribution in [0.2, 0.25) is 0 Å². The fourth-order valence-corrected chi connectivity index (χ4v) is 6.50. The van der Waals surface area contributed by atoms with Gasteiger partial charge in [0.15, 0.2) is 9.84 Å². The molecule has 2 saturated heterocycles. The Balaban J connectivity index is 1.67. The fraction of sp³-hybridized carbons (Fsp3) is 0.647. The van der Waals surface area contributed by atoms with Gasteiger partial charge in [0.05, 0.1) is 23.6 Å². The molecule has 0 saturated carbocycles. The maximum absolute atomic E-state index is 12.7. The standard InChI is InChI=1S/C17H25N3O4S2/c1-18(2)17(22)20-9-8-19(14-11-26(23,24)12-15(14)20)16(21)7-3-5-13-6-4-10-25-13/h4,6,10,14-15H,3,5,7-9,11-12H2,1-2H3/t14-,15+/m1/s1. The predicted molar refractivity (Wildman–Crippen MR) is 101 cm³/mol. The van der Waals surface area contributed by atoms with Gasteiger partial charge in [-0.05, 0) is 24.3 Å². The first-order valence-corrected chi connectivity index (χ1v) is 11.5. The van der Waals surface area contributed by atoms with Gasteiger partial charge in [-0.15, -0.1) is 11.3 Å². The number of nitrogens with zero attached hydrogens (tertiary/aromatic N) is 3. The second-order valence-corrected chi connectivity index (χ2v) is 10.3. The highest BCUT2D eigenvalue weighted by atomic mass is 32.2. The first-order valence-electron chi connectivity index (χ1n) is 8.79. The van der Waals surface area contributed by atoms with Crippen molar-refractivity contribution in [3.63, 3.8) is 0 Å². The van der Waals surface area contributed by atoms with Gasteiger partial charge in [-0.2, -0.15) is 0 Å². The fourth-order valence-electron chi connectivity index (χ4n) is 3.77. The Morgan fingerprint density at radius 1 is 1.19 bits per heavy atom. The molecule has 2 fully saturated rings. The zero-order valence-electron chi connectivity index (χ0n) is 15.1. The molecule has 0 radical (unpaired) electrons. The molecule has 0 aliphatic carbocycles. The van der Waals surface area contributed by atoms with Gasteiger partial charge in [0.2, 0.25) is 5.91 Å². The van der Waals surface area contributed by atoms with Gasteiger partial charge in [-0.25, -0.2) is 13.2 Å². The maximum atomic E-state index is 12.7. The van der Waals surface area contributed by atoms with Crippen LogP contribution in [0.1, 0.15) is 17.7 Å². The third-order valence-corrected chi connectivity index (χ3v) is 7.65. The van der Waals surface area contributed by atoms with Gasteiger partial charge in [0.25, 0.3) is 0 Å². The van der Waals surface area contributed by atoms with Gasteiger partial charge < -0.3 is 14.7 Å². The molecule has 0 spiro atoms. The van der Waals surface area contributed by atoms with Crippen molar-refractivity contribution in [1.82, 2.24) is 14.7 Å². The molecule has 2 aliphatic rings. The number of aryl methyl sites for hydroxylation is 1. The van der Waals surface area contributed by atoms with E-state index < -0.39 is 21.9 Å². The number of hydrogen-bond donors (Lipinski definition) is 0. The Kier molecular flexibility index (Phi) is 5.57. The highest BCUT2D eigenvalue weighted by molar-refractivity contribution is 7.91. The van der Waals surface area contributed by atoms with E-state index in [1.165, 1.54) is 9.78 Å². The molecular formula is C17H25N3O4S2. The SMILES string of the molecule is CN(C)C(=O)N1CCN(C(=O)CCCc2cccs2)[C@@H]2CS(=O)(=O)C[C@@H]21. The summed E-state index contributed by atoms with van der Waals surface area (Å²) >= 11 is 1.68. The molecule has 0 bridgehead atoms. The van der Waals surface area contributed by atoms with Crippen LogP contribution in [0.4, 0.5) is 4.79 Å². The van der Waals surface area contributed by atoms with E-state index in [4.69, 9.17) is 0 Å². The number of sulfone groups is 1. The molecule has 1 aromatic heterocycles. The number of hydrogen-bond acceptors (Lipinski definition) is 5. The van der Waals surface area contributed by atoms with Crippen molar-refractivity contribution < 1.29 is 18.0 Å². The van der Waals surface area contributed by atoms with E-state index in [2.05, 4.69) is 6.07 Å². The van der Waals surface area contributed by atoms with E-state index in [0.29, 0.717) is 19.5 Å². The molecule has 26 heavy (non-hydrogen) atoms. The number of carbonyl (C=O) groups is 2. The van der Waals surface area contributed by atoms with Gasteiger partial charge in [-0.3, -0.25) is 4.79 Å². The Bertz CT molecular complexity index is 761. The molecular weight excluding hydrogens is 374 g/mol. The van der Waals surface area contributed by atoms with E-state index in [1.54, 1.807) is 35.2 Å². The summed E-state index contributed by atoms with van der Waals surface area (Å²) in [6, 6.07) is 3.00. The van der Waals surface area contributed by atoms with Crippen molar-refractivity contribution in [3.8, 4) is 0 Å². The van der Waals surface area contributed by atoms with E-state index in [1.807, 2.05) is 11.4 Å². The smallest absolute Gasteiger partial charge is 0.319 e. The molecule has 2 aliphatic heterocycles. The Morgan fingerprint density at radius 2 is 1.85 bits per heavy atom. The average Bonchev–Trinajstić information content (AvgIpc) is 3.19. The van der Waals surface area contributed by atoms with Crippen molar-refractivity contribution in [2.45, 2.75) is 31.3 Å². The van der Waals surface area contributed by atoms with Crippen molar-refractivity contribution in [3.05, 3.63) is 22.4 Å². The summed E-state index contributed by atoms with van der Waals surface area (Å²) in [6.07, 6.45) is 2.01. The Morgan fingerprint density at radius 3 is 2.46 bits per heavy atom. The Labute approximate surface area is 158 Å². The van der Waals surface area contributed by atoms with Crippen LogP contribution in [0.15, 0.2) is 17.5 Å². The lowest BCUT2D eigenvalue weighted by molar-refractivity contribution is -0.136. The predicted octanol–water partition coefficient (Wildman–Crippen LogP) is 1.06. The minimum absolute atomic E-state index is 0.00870. The highest BCUT2D eigenvalue weighted by Gasteiger charge is 2.49. The average molecular weight is 400 g/mol. The van der Waals surface area contributed by atoms with Crippen LogP contribution < -0.4 is 0 Å². The lowest BCUT2D eigenvalue weighted by atomic mass is 10.0. The van der Waals surface area contributed by atoms with E-state index in [-0.39, 0.29) is 23.4 Å². The van der Waals surface area contributed by atoms with E-state index in [9.17, 15) is 18.0 Å². The number of fused-ring (bicyclic) bond motifs is 1. The van der Waals surface area contributed by atoms with Crippen LogP contribution in [0, 0.1) is 0 Å². The van der Waals surface area contributed by atoms with Gasteiger partial charge in [-0.1, -0.05) is 6.07 Å². The number of rotatable bonds is 4. The maximum Gasteiger partial charge on any atom is 0.319 e. The molecule has 144 valence electrons. The molecule has 9 heteroatoms. The zero-order chi connectivity index (χ0) is 18.9. The third-order valence-electron chi connectivity index (χ3n) is 5.02. The zero-order valence-corrected chi connectivity index (χ0v) is 16.8. The molecule has 3 amide bonds. The molecule has 7 nitrogen and oxygen atoms in total. The number of thiophene rings is 1. The molecule has 0 N–H and O–H groups in total. The second kappa shape index (κ2) is 7.56. The first kappa shape index (κ1) is 19.2. The summed E-state index contributed by atoms with van der Waals surface area (Å²) in [5.74, 6) is -0.118. The van der Waals surface area contributed by atoms with Gasteiger partial charge in [0.1, 0.15) is 0 Å². The summed E-state index contributed by atoms with van der Waals surface area (Å²) in [4.78, 5) is 31.1. The molecule has 0 unspecified atom stereocenters. The molecule has 0 aromatic carbocycles. The van der Waals surface area contributed by atoms with Crippen LogP contribution in [-0.4, -0.2) is 85.8 Å². The van der Waals surface area contributed by atoms with Crippen LogP contribution >= 0.6 is 11.3 Å². The lowest BCUT2D eigenvalue weighted by Gasteiger charge is -2.44. The third kappa shape index (κ3) is 4.03. The van der Waals surface area contributed by atoms with E-state index >= 15 is 0 Å². The van der Waals surface area contributed by atoms with Crippen LogP contribution in [0.3, 0.4) is 0 Å². The molecule has 2 atom stereocenters. The summed E-state index contributed by atoms with van der Waals surface area (Å²) in [7, 11) is 0.0633. The van der Waals surface area contributed by atoms with Gasteiger partial charge >= 0.3 is 6.03 Å². The number of urea groups is 1. The summed E-state index contributed by atoms with van der Waals surface area (Å²) in [5.41, 5.74) is 0. The topological polar surface area (TPSA) is 78.0 Å². The van der Waals surface area contributed by atoms with Gasteiger partial charge in [0, 0.05) is 38.5 Å².